The van der Waals surface area contributed by atoms with Gasteiger partial charge in [-0.2, -0.15) is 0 Å². The second kappa shape index (κ2) is 10.1. The Bertz CT molecular complexity index is 1410. The van der Waals surface area contributed by atoms with Crippen molar-refractivity contribution < 1.29 is 29.0 Å². The number of benzene rings is 3. The highest BCUT2D eigenvalue weighted by Gasteiger charge is 2.75. The summed E-state index contributed by atoms with van der Waals surface area (Å²) in [5, 5.41) is 15.5. The van der Waals surface area contributed by atoms with Gasteiger partial charge in [-0.3, -0.25) is 14.4 Å². The summed E-state index contributed by atoms with van der Waals surface area (Å²) < 4.78 is 11.8. The van der Waals surface area contributed by atoms with E-state index in [4.69, 9.17) is 9.47 Å². The lowest BCUT2D eigenvalue weighted by Crippen LogP contribution is -2.56. The first kappa shape index (κ1) is 25.5. The van der Waals surface area contributed by atoms with Crippen molar-refractivity contribution in [3.05, 3.63) is 78.4 Å². The van der Waals surface area contributed by atoms with Crippen LogP contribution in [0.1, 0.15) is 25.3 Å². The fourth-order valence-corrected chi connectivity index (χ4v) is 6.90. The van der Waals surface area contributed by atoms with Gasteiger partial charge in [-0.15, -0.1) is 0 Å². The second-order valence-corrected chi connectivity index (χ2v) is 10.6. The predicted octanol–water partition coefficient (Wildman–Crippen LogP) is 3.32. The van der Waals surface area contributed by atoms with Gasteiger partial charge in [0.15, 0.2) is 0 Å². The molecule has 8 heteroatoms. The molecule has 3 aliphatic heterocycles. The van der Waals surface area contributed by atoms with Gasteiger partial charge < -0.3 is 24.8 Å². The number of likely N-dealkylation sites (tertiary alicyclic amines) is 1. The summed E-state index contributed by atoms with van der Waals surface area (Å²) in [6.45, 7) is 1.58. The molecular formula is C31H32N2O6. The molecule has 202 valence electrons. The smallest absolute Gasteiger partial charge is 0.312 e. The molecule has 0 radical (unpaired) electrons. The number of amides is 2. The normalized spacial score (nSPS) is 27.9. The molecule has 6 rings (SSSR count). The van der Waals surface area contributed by atoms with Crippen LogP contribution < -0.4 is 5.32 Å². The van der Waals surface area contributed by atoms with E-state index in [0.717, 1.165) is 16.3 Å². The number of fused-ring (bicyclic) bond motifs is 2. The summed E-state index contributed by atoms with van der Waals surface area (Å²) in [6.07, 6.45) is 0.917. The number of ether oxygens (including phenoxy) is 2. The molecular weight excluding hydrogens is 496 g/mol. The van der Waals surface area contributed by atoms with Gasteiger partial charge in [0.25, 0.3) is 0 Å². The number of hydrogen-bond donors (Lipinski definition) is 2. The first-order chi connectivity index (χ1) is 19.0. The molecule has 2 bridgehead atoms. The van der Waals surface area contributed by atoms with Crippen molar-refractivity contribution in [2.24, 2.45) is 11.8 Å². The van der Waals surface area contributed by atoms with Crippen LogP contribution in [0.5, 0.6) is 0 Å². The number of nitrogens with zero attached hydrogens (tertiary/aromatic N) is 1. The van der Waals surface area contributed by atoms with E-state index in [1.807, 2.05) is 72.8 Å². The van der Waals surface area contributed by atoms with Crippen molar-refractivity contribution in [2.75, 3.05) is 18.5 Å². The number of anilines is 1. The molecule has 1 spiro atoms. The van der Waals surface area contributed by atoms with Gasteiger partial charge in [-0.1, -0.05) is 60.7 Å². The fraction of sp³-hybridized carbons (Fsp3) is 0.387. The topological polar surface area (TPSA) is 105 Å². The van der Waals surface area contributed by atoms with Crippen molar-refractivity contribution in [1.82, 2.24) is 4.90 Å². The molecule has 3 fully saturated rings. The third-order valence-corrected chi connectivity index (χ3v) is 8.48. The Morgan fingerprint density at radius 1 is 1.10 bits per heavy atom. The van der Waals surface area contributed by atoms with Crippen molar-refractivity contribution in [3.8, 4) is 0 Å². The van der Waals surface area contributed by atoms with Gasteiger partial charge >= 0.3 is 5.97 Å². The number of hydrogen-bond acceptors (Lipinski definition) is 6. The monoisotopic (exact) mass is 528 g/mol. The zero-order valence-electron chi connectivity index (χ0n) is 21.8. The SMILES string of the molecule is CCOC(=O)[C@@H]1[C@@H]2CC[C@]3(O2)[C@H](C(=O)Nc2ccc4ccccc4c2)N([C@@H](CO)Cc2ccccc2)C(=O)[C@@H]13. The van der Waals surface area contributed by atoms with E-state index in [0.29, 0.717) is 24.9 Å². The van der Waals surface area contributed by atoms with Gasteiger partial charge in [-0.05, 0) is 54.7 Å². The quantitative estimate of drug-likeness (QED) is 0.435. The molecule has 8 nitrogen and oxygen atoms in total. The van der Waals surface area contributed by atoms with Crippen LogP contribution in [0.4, 0.5) is 5.69 Å². The molecule has 2 amide bonds. The highest BCUT2D eigenvalue weighted by molar-refractivity contribution is 6.04. The highest BCUT2D eigenvalue weighted by atomic mass is 16.6. The van der Waals surface area contributed by atoms with Gasteiger partial charge in [0.2, 0.25) is 11.8 Å². The molecule has 3 saturated heterocycles. The average Bonchev–Trinajstić information content (AvgIpc) is 3.59. The summed E-state index contributed by atoms with van der Waals surface area (Å²) >= 11 is 0. The van der Waals surface area contributed by atoms with E-state index in [1.165, 1.54) is 4.90 Å². The molecule has 3 aromatic rings. The summed E-state index contributed by atoms with van der Waals surface area (Å²) in [5.41, 5.74) is 0.369. The molecule has 0 unspecified atom stereocenters. The lowest BCUT2D eigenvalue weighted by molar-refractivity contribution is -0.155. The third kappa shape index (κ3) is 4.19. The van der Waals surface area contributed by atoms with Crippen LogP contribution in [-0.2, 0) is 30.3 Å². The van der Waals surface area contributed by atoms with Crippen LogP contribution in [0.2, 0.25) is 0 Å². The number of aliphatic hydroxyl groups is 1. The van der Waals surface area contributed by atoms with Crippen LogP contribution in [-0.4, -0.2) is 64.8 Å². The summed E-state index contributed by atoms with van der Waals surface area (Å²) in [7, 11) is 0. The van der Waals surface area contributed by atoms with Crippen LogP contribution in [0.15, 0.2) is 72.8 Å². The first-order valence-corrected chi connectivity index (χ1v) is 13.6. The maximum absolute atomic E-state index is 14.2. The number of carbonyl (C=O) groups excluding carboxylic acids is 3. The number of aliphatic hydroxyl groups excluding tert-OH is 1. The molecule has 0 aromatic heterocycles. The van der Waals surface area contributed by atoms with Crippen LogP contribution in [0, 0.1) is 11.8 Å². The maximum Gasteiger partial charge on any atom is 0.312 e. The van der Waals surface area contributed by atoms with Crippen LogP contribution >= 0.6 is 0 Å². The Kier molecular flexibility index (Phi) is 6.61. The summed E-state index contributed by atoms with van der Waals surface area (Å²) in [4.78, 5) is 42.8. The molecule has 3 heterocycles. The van der Waals surface area contributed by atoms with E-state index in [9.17, 15) is 19.5 Å². The van der Waals surface area contributed by atoms with E-state index in [1.54, 1.807) is 6.92 Å². The third-order valence-electron chi connectivity index (χ3n) is 8.48. The molecule has 2 N–H and O–H groups in total. The van der Waals surface area contributed by atoms with E-state index in [2.05, 4.69) is 5.32 Å². The number of esters is 1. The molecule has 3 aromatic carbocycles. The van der Waals surface area contributed by atoms with Gasteiger partial charge in [0, 0.05) is 5.69 Å². The number of carbonyl (C=O) groups is 3. The van der Waals surface area contributed by atoms with Crippen LogP contribution in [0.3, 0.4) is 0 Å². The van der Waals surface area contributed by atoms with E-state index < -0.39 is 47.5 Å². The maximum atomic E-state index is 14.2. The summed E-state index contributed by atoms with van der Waals surface area (Å²) in [5.74, 6) is -2.82. The largest absolute Gasteiger partial charge is 0.466 e. The Balaban J connectivity index is 1.38. The van der Waals surface area contributed by atoms with Crippen molar-refractivity contribution in [2.45, 2.75) is 50.0 Å². The Morgan fingerprint density at radius 2 is 1.85 bits per heavy atom. The molecule has 39 heavy (non-hydrogen) atoms. The molecule has 0 saturated carbocycles. The zero-order valence-corrected chi connectivity index (χ0v) is 21.8. The Morgan fingerprint density at radius 3 is 2.59 bits per heavy atom. The lowest BCUT2D eigenvalue weighted by Gasteiger charge is -2.36. The fourth-order valence-electron chi connectivity index (χ4n) is 6.90. The molecule has 0 aliphatic carbocycles. The lowest BCUT2D eigenvalue weighted by atomic mass is 9.70. The minimum Gasteiger partial charge on any atom is -0.466 e. The van der Waals surface area contributed by atoms with Crippen LogP contribution in [0.25, 0.3) is 10.8 Å². The van der Waals surface area contributed by atoms with Gasteiger partial charge in [-0.25, -0.2) is 0 Å². The number of rotatable bonds is 8. The summed E-state index contributed by atoms with van der Waals surface area (Å²) in [6, 6.07) is 21.4. The van der Waals surface area contributed by atoms with Gasteiger partial charge in [0.05, 0.1) is 37.2 Å². The predicted molar refractivity (Wildman–Crippen MR) is 145 cm³/mol. The first-order valence-electron chi connectivity index (χ1n) is 13.6. The standard InChI is InChI=1S/C31H32N2O6/c1-2-38-30(37)25-24-14-15-31(39-24)26(25)29(36)33(23(18-34)16-19-8-4-3-5-9-19)27(31)28(35)32-22-13-12-20-10-6-7-11-21(20)17-22/h3-13,17,23-27,34H,2,14-16,18H2,1H3,(H,32,35)/t23-,24+,25-,26-,27+,31-/m1/s1. The average molecular weight is 529 g/mol. The zero-order chi connectivity index (χ0) is 27.1. The Hall–Kier alpha value is -3.75. The number of nitrogens with one attached hydrogen (secondary N) is 1. The minimum absolute atomic E-state index is 0.193. The Labute approximate surface area is 226 Å². The van der Waals surface area contributed by atoms with Gasteiger partial charge in [0.1, 0.15) is 11.6 Å². The highest BCUT2D eigenvalue weighted by Crippen LogP contribution is 2.59. The van der Waals surface area contributed by atoms with Crippen molar-refractivity contribution in [1.29, 1.82) is 0 Å². The van der Waals surface area contributed by atoms with E-state index in [-0.39, 0.29) is 19.1 Å². The second-order valence-electron chi connectivity index (χ2n) is 10.6. The van der Waals surface area contributed by atoms with Crippen molar-refractivity contribution >= 4 is 34.2 Å². The molecule has 3 aliphatic rings. The minimum atomic E-state index is -1.16. The molecule has 6 atom stereocenters. The van der Waals surface area contributed by atoms with E-state index >= 15 is 0 Å². The van der Waals surface area contributed by atoms with Crippen molar-refractivity contribution in [3.63, 3.8) is 0 Å².